The standard InChI is InChI=1S/C36H50N2O8/c1-23-14-13-17-27-20-28(39)21-30(34(27)42)38-32(40)22-29(45-4)18-11-6-5-7-12-19-31(24(2)33(23)41)46-36(44)25(3)37-35(43)26-15-9-8-10-16-26/h5-7,11-12,14,18,20-21,24-26,29,31,33,39,41-42H,8-10,13,15-17,19,22H2,1-4H3,(H,37,43)(H,38,40)/b6-5+,12-7+,18-11+,23-14+/t24-,25+,29-,31-,33-/m0/s1. The maximum absolute atomic E-state index is 13.1. The van der Waals surface area contributed by atoms with Crippen LogP contribution in [0.15, 0.2) is 60.2 Å². The molecule has 0 radical (unpaired) electrons. The summed E-state index contributed by atoms with van der Waals surface area (Å²) in [6, 6.07) is 1.89. The number of nitrogens with one attached hydrogen (secondary N) is 2. The van der Waals surface area contributed by atoms with Crippen LogP contribution in [0.1, 0.15) is 77.7 Å². The molecule has 1 aromatic rings. The number of carbonyl (C=O) groups is 3. The van der Waals surface area contributed by atoms with Crippen molar-refractivity contribution in [3.05, 3.63) is 65.8 Å². The van der Waals surface area contributed by atoms with E-state index in [1.165, 1.54) is 19.2 Å². The van der Waals surface area contributed by atoms with E-state index < -0.39 is 42.1 Å². The van der Waals surface area contributed by atoms with E-state index in [2.05, 4.69) is 10.6 Å². The molecule has 1 aliphatic carbocycles. The van der Waals surface area contributed by atoms with Crippen LogP contribution in [0.3, 0.4) is 0 Å². The molecule has 2 bridgehead atoms. The number of anilines is 1. The normalized spacial score (nSPS) is 27.8. The van der Waals surface area contributed by atoms with Crippen LogP contribution in [-0.4, -0.2) is 64.6 Å². The summed E-state index contributed by atoms with van der Waals surface area (Å²) < 4.78 is 11.3. The number of aliphatic hydroxyl groups is 1. The zero-order valence-electron chi connectivity index (χ0n) is 27.4. The number of carbonyl (C=O) groups excluding carboxylic acids is 3. The van der Waals surface area contributed by atoms with Crippen LogP contribution in [0.4, 0.5) is 5.69 Å². The fourth-order valence-corrected chi connectivity index (χ4v) is 5.76. The van der Waals surface area contributed by atoms with Crippen molar-refractivity contribution >= 4 is 23.5 Å². The summed E-state index contributed by atoms with van der Waals surface area (Å²) in [6.07, 6.45) is 16.2. The second-order valence-electron chi connectivity index (χ2n) is 12.3. The van der Waals surface area contributed by atoms with Crippen LogP contribution in [0.2, 0.25) is 0 Å². The summed E-state index contributed by atoms with van der Waals surface area (Å²) >= 11 is 0. The van der Waals surface area contributed by atoms with Gasteiger partial charge >= 0.3 is 5.97 Å². The highest BCUT2D eigenvalue weighted by molar-refractivity contribution is 5.93. The van der Waals surface area contributed by atoms with Gasteiger partial charge in [-0.1, -0.05) is 68.7 Å². The van der Waals surface area contributed by atoms with Crippen LogP contribution in [0.5, 0.6) is 11.5 Å². The van der Waals surface area contributed by atoms with Crippen LogP contribution >= 0.6 is 0 Å². The zero-order valence-corrected chi connectivity index (χ0v) is 27.4. The van der Waals surface area contributed by atoms with Crippen molar-refractivity contribution in [3.63, 3.8) is 0 Å². The van der Waals surface area contributed by atoms with E-state index in [1.807, 2.05) is 19.1 Å². The van der Waals surface area contributed by atoms with Crippen LogP contribution in [0.25, 0.3) is 0 Å². The number of phenolic OH excluding ortho intramolecular Hbond substituents is 2. The van der Waals surface area contributed by atoms with Gasteiger partial charge in [-0.15, -0.1) is 0 Å². The van der Waals surface area contributed by atoms with Crippen molar-refractivity contribution in [1.29, 1.82) is 0 Å². The predicted molar refractivity (Wildman–Crippen MR) is 177 cm³/mol. The van der Waals surface area contributed by atoms with Crippen molar-refractivity contribution in [3.8, 4) is 11.5 Å². The van der Waals surface area contributed by atoms with Crippen LogP contribution in [0, 0.1) is 11.8 Å². The molecule has 10 heteroatoms. The highest BCUT2D eigenvalue weighted by Crippen LogP contribution is 2.34. The minimum absolute atomic E-state index is 0.00853. The number of rotatable bonds is 5. The number of hydrogen-bond donors (Lipinski definition) is 5. The molecule has 1 heterocycles. The number of benzene rings is 1. The van der Waals surface area contributed by atoms with Crippen LogP contribution in [-0.2, 0) is 30.3 Å². The van der Waals surface area contributed by atoms with E-state index in [1.54, 1.807) is 44.2 Å². The van der Waals surface area contributed by atoms with E-state index in [4.69, 9.17) is 9.47 Å². The molecule has 10 nitrogen and oxygen atoms in total. The molecular formula is C36H50N2O8. The van der Waals surface area contributed by atoms with E-state index in [0.717, 1.165) is 32.1 Å². The van der Waals surface area contributed by atoms with Crippen molar-refractivity contribution in [2.75, 3.05) is 12.4 Å². The highest BCUT2D eigenvalue weighted by Gasteiger charge is 2.31. The van der Waals surface area contributed by atoms with Gasteiger partial charge in [0.1, 0.15) is 23.6 Å². The lowest BCUT2D eigenvalue weighted by molar-refractivity contribution is -0.156. The van der Waals surface area contributed by atoms with Gasteiger partial charge in [0.25, 0.3) is 0 Å². The molecule has 46 heavy (non-hydrogen) atoms. The summed E-state index contributed by atoms with van der Waals surface area (Å²) in [5.74, 6) is -1.90. The largest absolute Gasteiger partial charge is 0.508 e. The van der Waals surface area contributed by atoms with Gasteiger partial charge in [-0.25, -0.2) is 4.79 Å². The second kappa shape index (κ2) is 18.3. The Balaban J connectivity index is 1.82. The third-order valence-corrected chi connectivity index (χ3v) is 8.69. The molecule has 1 aliphatic heterocycles. The topological polar surface area (TPSA) is 154 Å². The Hall–Kier alpha value is -3.89. The third kappa shape index (κ3) is 11.2. The molecule has 0 saturated heterocycles. The van der Waals surface area contributed by atoms with E-state index >= 15 is 0 Å². The van der Waals surface area contributed by atoms with Gasteiger partial charge in [-0.05, 0) is 56.7 Å². The van der Waals surface area contributed by atoms with Crippen molar-refractivity contribution in [2.24, 2.45) is 11.8 Å². The maximum atomic E-state index is 13.1. The molecular weight excluding hydrogens is 588 g/mol. The average molecular weight is 639 g/mol. The molecule has 0 aromatic heterocycles. The first-order valence-electron chi connectivity index (χ1n) is 16.2. The monoisotopic (exact) mass is 638 g/mol. The smallest absolute Gasteiger partial charge is 0.328 e. The quantitative estimate of drug-likeness (QED) is 0.125. The lowest BCUT2D eigenvalue weighted by Crippen LogP contribution is -2.45. The Labute approximate surface area is 272 Å². The van der Waals surface area contributed by atoms with E-state index in [9.17, 15) is 29.7 Å². The number of aryl methyl sites for hydroxylation is 1. The molecule has 3 rings (SSSR count). The molecule has 5 N–H and O–H groups in total. The molecule has 1 fully saturated rings. The van der Waals surface area contributed by atoms with Crippen molar-refractivity contribution < 1.29 is 39.2 Å². The number of methoxy groups -OCH3 is 1. The fourth-order valence-electron chi connectivity index (χ4n) is 5.76. The number of aromatic hydroxyl groups is 2. The molecule has 2 aliphatic rings. The Morgan fingerprint density at radius 3 is 2.50 bits per heavy atom. The third-order valence-electron chi connectivity index (χ3n) is 8.69. The Kier molecular flexibility index (Phi) is 14.6. The molecule has 5 atom stereocenters. The molecule has 0 unspecified atom stereocenters. The van der Waals surface area contributed by atoms with Gasteiger partial charge in [0.05, 0.1) is 24.3 Å². The fraction of sp³-hybridized carbons (Fsp3) is 0.528. The molecule has 1 saturated carbocycles. The van der Waals surface area contributed by atoms with Gasteiger partial charge in [0.15, 0.2) is 0 Å². The summed E-state index contributed by atoms with van der Waals surface area (Å²) in [7, 11) is 1.49. The number of hydrogen-bond acceptors (Lipinski definition) is 8. The number of fused-ring (bicyclic) bond motifs is 2. The summed E-state index contributed by atoms with van der Waals surface area (Å²) in [6.45, 7) is 5.22. The predicted octanol–water partition coefficient (Wildman–Crippen LogP) is 5.39. The van der Waals surface area contributed by atoms with Gasteiger partial charge in [0.2, 0.25) is 11.8 Å². The van der Waals surface area contributed by atoms with Crippen molar-refractivity contribution in [1.82, 2.24) is 5.32 Å². The van der Waals surface area contributed by atoms with E-state index in [-0.39, 0.29) is 35.4 Å². The number of phenols is 2. The summed E-state index contributed by atoms with van der Waals surface area (Å²) in [5, 5.41) is 37.8. The summed E-state index contributed by atoms with van der Waals surface area (Å²) in [4.78, 5) is 38.6. The zero-order chi connectivity index (χ0) is 33.6. The second-order valence-corrected chi connectivity index (χ2v) is 12.3. The number of amides is 2. The first-order valence-corrected chi connectivity index (χ1v) is 16.2. The minimum atomic E-state index is -0.940. The molecule has 252 valence electrons. The minimum Gasteiger partial charge on any atom is -0.508 e. The van der Waals surface area contributed by atoms with Crippen molar-refractivity contribution in [2.45, 2.75) is 103 Å². The Bertz CT molecular complexity index is 1310. The Morgan fingerprint density at radius 2 is 1.78 bits per heavy atom. The first kappa shape index (κ1) is 36.6. The van der Waals surface area contributed by atoms with Gasteiger partial charge < -0.3 is 35.4 Å². The molecule has 0 spiro atoms. The average Bonchev–Trinajstić information content (AvgIpc) is 3.04. The summed E-state index contributed by atoms with van der Waals surface area (Å²) in [5.41, 5.74) is 1.19. The molecule has 2 amide bonds. The van der Waals surface area contributed by atoms with Gasteiger partial charge in [0, 0.05) is 31.4 Å². The Morgan fingerprint density at radius 1 is 1.07 bits per heavy atom. The first-order chi connectivity index (χ1) is 22.0. The van der Waals surface area contributed by atoms with Gasteiger partial charge in [-0.2, -0.15) is 0 Å². The lowest BCUT2D eigenvalue weighted by atomic mass is 9.88. The molecule has 1 aromatic carbocycles. The van der Waals surface area contributed by atoms with Gasteiger partial charge in [-0.3, -0.25) is 9.59 Å². The highest BCUT2D eigenvalue weighted by atomic mass is 16.5. The number of aliphatic hydroxyl groups excluding tert-OH is 1. The van der Waals surface area contributed by atoms with Crippen LogP contribution < -0.4 is 10.6 Å². The number of esters is 1. The SMILES string of the molecule is CO[C@H]1/C=C/C=C/C=C/C[C@H](OC(=O)[C@@H](C)NC(=O)C2CCCCC2)[C@H](C)[C@@H](O)/C(C)=C/CCc2cc(O)cc(c2O)NC(=O)C1. The van der Waals surface area contributed by atoms with E-state index in [0.29, 0.717) is 30.4 Å². The number of ether oxygens (including phenoxy) is 2. The lowest BCUT2D eigenvalue weighted by Gasteiger charge is -2.29. The number of allylic oxidation sites excluding steroid dienone is 5. The maximum Gasteiger partial charge on any atom is 0.328 e.